The molecule has 2 atom stereocenters. The van der Waals surface area contributed by atoms with Crippen molar-refractivity contribution in [3.05, 3.63) is 22.8 Å². The van der Waals surface area contributed by atoms with Crippen LogP contribution in [0.3, 0.4) is 0 Å². The topological polar surface area (TPSA) is 37.8 Å². The van der Waals surface area contributed by atoms with E-state index >= 15 is 0 Å². The predicted octanol–water partition coefficient (Wildman–Crippen LogP) is 3.43. The third-order valence-corrected chi connectivity index (χ3v) is 4.70. The summed E-state index contributed by atoms with van der Waals surface area (Å²) in [6, 6.07) is 0. The molecule has 0 saturated heterocycles. The lowest BCUT2D eigenvalue weighted by molar-refractivity contribution is -0.142. The largest absolute Gasteiger partial charge is 0.433 e. The highest BCUT2D eigenvalue weighted by molar-refractivity contribution is 5.31. The molecule has 0 amide bonds. The fourth-order valence-electron chi connectivity index (χ4n) is 3.46. The van der Waals surface area contributed by atoms with Gasteiger partial charge in [0.1, 0.15) is 5.82 Å². The lowest BCUT2D eigenvalue weighted by atomic mass is 10.00. The molecule has 2 aliphatic rings. The van der Waals surface area contributed by atoms with Crippen LogP contribution in [0, 0.1) is 5.92 Å². The van der Waals surface area contributed by atoms with Gasteiger partial charge in [0.05, 0.1) is 5.69 Å². The minimum atomic E-state index is -4.40. The predicted molar refractivity (Wildman–Crippen MR) is 72.8 cm³/mol. The number of nitrogens with one attached hydrogen (secondary N) is 1. The van der Waals surface area contributed by atoms with E-state index in [0.29, 0.717) is 30.4 Å². The van der Waals surface area contributed by atoms with Crippen LogP contribution in [-0.4, -0.2) is 16.5 Å². The molecule has 21 heavy (non-hydrogen) atoms. The molecule has 3 rings (SSSR count). The highest BCUT2D eigenvalue weighted by Crippen LogP contribution is 2.40. The van der Waals surface area contributed by atoms with Crippen molar-refractivity contribution in [1.82, 2.24) is 15.3 Å². The standard InChI is InChI=1S/C15H20F3N3/c1-2-9-3-4-10(7-9)14-20-12-5-6-19-8-11(12)13(21-14)15(16,17)18/h9-10,19H,2-8H2,1H3. The van der Waals surface area contributed by atoms with Crippen molar-refractivity contribution in [3.8, 4) is 0 Å². The van der Waals surface area contributed by atoms with Gasteiger partial charge in [-0.1, -0.05) is 13.3 Å². The van der Waals surface area contributed by atoms with Crippen molar-refractivity contribution >= 4 is 0 Å². The average Bonchev–Trinajstić information content (AvgIpc) is 2.94. The van der Waals surface area contributed by atoms with Crippen LogP contribution < -0.4 is 5.32 Å². The summed E-state index contributed by atoms with van der Waals surface area (Å²) < 4.78 is 39.8. The Morgan fingerprint density at radius 3 is 2.71 bits per heavy atom. The van der Waals surface area contributed by atoms with Gasteiger partial charge in [-0.25, -0.2) is 9.97 Å². The summed E-state index contributed by atoms with van der Waals surface area (Å²) in [5.41, 5.74) is 0.100. The fourth-order valence-corrected chi connectivity index (χ4v) is 3.46. The van der Waals surface area contributed by atoms with Gasteiger partial charge in [-0.3, -0.25) is 0 Å². The number of fused-ring (bicyclic) bond motifs is 1. The SMILES string of the molecule is CCC1CCC(c2nc3c(c(C(F)(F)F)n2)CNCC3)C1. The molecule has 1 aliphatic carbocycles. The maximum Gasteiger partial charge on any atom is 0.433 e. The molecule has 0 spiro atoms. The van der Waals surface area contributed by atoms with Crippen LogP contribution in [0.4, 0.5) is 13.2 Å². The van der Waals surface area contributed by atoms with Crippen LogP contribution in [0.25, 0.3) is 0 Å². The zero-order valence-electron chi connectivity index (χ0n) is 12.1. The lowest BCUT2D eigenvalue weighted by Gasteiger charge is -2.22. The van der Waals surface area contributed by atoms with Crippen LogP contribution in [0.2, 0.25) is 0 Å². The molecule has 3 nitrogen and oxygen atoms in total. The highest BCUT2D eigenvalue weighted by Gasteiger charge is 2.39. The van der Waals surface area contributed by atoms with Gasteiger partial charge in [0, 0.05) is 31.0 Å². The Balaban J connectivity index is 1.99. The van der Waals surface area contributed by atoms with Gasteiger partial charge in [0.2, 0.25) is 0 Å². The van der Waals surface area contributed by atoms with Crippen molar-refractivity contribution < 1.29 is 13.2 Å². The van der Waals surface area contributed by atoms with E-state index in [1.807, 2.05) is 0 Å². The summed E-state index contributed by atoms with van der Waals surface area (Å²) in [6.45, 7) is 3.03. The molecule has 116 valence electrons. The summed E-state index contributed by atoms with van der Waals surface area (Å²) in [4.78, 5) is 8.42. The molecule has 1 fully saturated rings. The number of hydrogen-bond acceptors (Lipinski definition) is 3. The van der Waals surface area contributed by atoms with Crippen LogP contribution >= 0.6 is 0 Å². The first-order chi connectivity index (χ1) is 9.99. The Morgan fingerprint density at radius 2 is 2.05 bits per heavy atom. The molecule has 1 aliphatic heterocycles. The summed E-state index contributed by atoms with van der Waals surface area (Å²) in [5, 5.41) is 2.98. The Kier molecular flexibility index (Phi) is 3.90. The van der Waals surface area contributed by atoms with Crippen molar-refractivity contribution in [3.63, 3.8) is 0 Å². The van der Waals surface area contributed by atoms with Crippen molar-refractivity contribution in [2.75, 3.05) is 6.54 Å². The summed E-state index contributed by atoms with van der Waals surface area (Å²) in [5.74, 6) is 1.11. The first-order valence-corrected chi connectivity index (χ1v) is 7.66. The Hall–Kier alpha value is -1.17. The Morgan fingerprint density at radius 1 is 1.24 bits per heavy atom. The summed E-state index contributed by atoms with van der Waals surface area (Å²) in [6.07, 6.45) is 0.140. The molecule has 0 bridgehead atoms. The summed E-state index contributed by atoms with van der Waals surface area (Å²) in [7, 11) is 0. The molecule has 0 aromatic carbocycles. The van der Waals surface area contributed by atoms with Crippen molar-refractivity contribution in [2.45, 2.75) is 57.7 Å². The molecule has 1 aromatic heterocycles. The maximum atomic E-state index is 13.3. The van der Waals surface area contributed by atoms with Crippen LogP contribution in [0.15, 0.2) is 0 Å². The number of alkyl halides is 3. The Labute approximate surface area is 122 Å². The first-order valence-electron chi connectivity index (χ1n) is 7.66. The summed E-state index contributed by atoms with van der Waals surface area (Å²) >= 11 is 0. The maximum absolute atomic E-state index is 13.3. The van der Waals surface area contributed by atoms with Gasteiger partial charge < -0.3 is 5.32 Å². The minimum Gasteiger partial charge on any atom is -0.312 e. The molecule has 2 unspecified atom stereocenters. The van der Waals surface area contributed by atoms with Gasteiger partial charge in [-0.15, -0.1) is 0 Å². The van der Waals surface area contributed by atoms with E-state index in [0.717, 1.165) is 25.7 Å². The molecule has 2 heterocycles. The van der Waals surface area contributed by atoms with E-state index in [4.69, 9.17) is 0 Å². The lowest BCUT2D eigenvalue weighted by Crippen LogP contribution is -2.29. The van der Waals surface area contributed by atoms with E-state index < -0.39 is 11.9 Å². The van der Waals surface area contributed by atoms with Gasteiger partial charge in [-0.2, -0.15) is 13.2 Å². The number of hydrogen-bond donors (Lipinski definition) is 1. The quantitative estimate of drug-likeness (QED) is 0.909. The van der Waals surface area contributed by atoms with E-state index in [2.05, 4.69) is 22.2 Å². The fraction of sp³-hybridized carbons (Fsp3) is 0.733. The number of halogens is 3. The van der Waals surface area contributed by atoms with Crippen LogP contribution in [-0.2, 0) is 19.1 Å². The van der Waals surface area contributed by atoms with Crippen LogP contribution in [0.5, 0.6) is 0 Å². The van der Waals surface area contributed by atoms with E-state index in [9.17, 15) is 13.2 Å². The van der Waals surface area contributed by atoms with Crippen molar-refractivity contribution in [2.24, 2.45) is 5.92 Å². The third-order valence-electron chi connectivity index (χ3n) is 4.70. The molecule has 1 saturated carbocycles. The minimum absolute atomic E-state index is 0.0937. The monoisotopic (exact) mass is 299 g/mol. The average molecular weight is 299 g/mol. The number of aromatic nitrogens is 2. The molecular formula is C15H20F3N3. The molecule has 1 aromatic rings. The van der Waals surface area contributed by atoms with Crippen LogP contribution in [0.1, 0.15) is 61.3 Å². The second-order valence-electron chi connectivity index (χ2n) is 6.06. The van der Waals surface area contributed by atoms with E-state index in [1.165, 1.54) is 0 Å². The Bertz CT molecular complexity index is 528. The normalized spacial score (nSPS) is 25.9. The van der Waals surface area contributed by atoms with E-state index in [1.54, 1.807) is 0 Å². The number of rotatable bonds is 2. The molecule has 6 heteroatoms. The molecule has 1 N–H and O–H groups in total. The second kappa shape index (κ2) is 5.55. The van der Waals surface area contributed by atoms with Crippen molar-refractivity contribution in [1.29, 1.82) is 0 Å². The van der Waals surface area contributed by atoms with Gasteiger partial charge in [0.15, 0.2) is 5.69 Å². The molecule has 0 radical (unpaired) electrons. The van der Waals surface area contributed by atoms with Gasteiger partial charge in [0.25, 0.3) is 0 Å². The van der Waals surface area contributed by atoms with Gasteiger partial charge >= 0.3 is 6.18 Å². The highest BCUT2D eigenvalue weighted by atomic mass is 19.4. The van der Waals surface area contributed by atoms with Gasteiger partial charge in [-0.05, 0) is 25.2 Å². The first kappa shape index (κ1) is 14.8. The zero-order chi connectivity index (χ0) is 15.0. The third kappa shape index (κ3) is 2.91. The molecular weight excluding hydrogens is 279 g/mol. The van der Waals surface area contributed by atoms with E-state index in [-0.39, 0.29) is 18.0 Å². The number of nitrogens with zero attached hydrogens (tertiary/aromatic N) is 2. The smallest absolute Gasteiger partial charge is 0.312 e. The zero-order valence-corrected chi connectivity index (χ0v) is 12.1. The second-order valence-corrected chi connectivity index (χ2v) is 6.06.